The van der Waals surface area contributed by atoms with Gasteiger partial charge in [0.15, 0.2) is 0 Å². The Hall–Kier alpha value is -1.10. The minimum Gasteiger partial charge on any atom is -0.354 e. The lowest BCUT2D eigenvalue weighted by Gasteiger charge is -2.23. The van der Waals surface area contributed by atoms with Gasteiger partial charge in [-0.05, 0) is 31.8 Å². The molecule has 5 nitrogen and oxygen atoms in total. The molecule has 0 bridgehead atoms. The second-order valence-corrected chi connectivity index (χ2v) is 6.76. The fourth-order valence-corrected chi connectivity index (χ4v) is 3.47. The molecule has 5 heteroatoms. The average molecular weight is 295 g/mol. The Labute approximate surface area is 128 Å². The van der Waals surface area contributed by atoms with Gasteiger partial charge >= 0.3 is 0 Å². The van der Waals surface area contributed by atoms with Crippen LogP contribution in [0.15, 0.2) is 0 Å². The van der Waals surface area contributed by atoms with E-state index in [-0.39, 0.29) is 17.7 Å². The molecule has 1 N–H and O–H groups in total. The van der Waals surface area contributed by atoms with Crippen molar-refractivity contribution in [1.82, 2.24) is 15.1 Å². The zero-order chi connectivity index (χ0) is 15.4. The molecule has 2 fully saturated rings. The maximum absolute atomic E-state index is 12.3. The number of nitrogens with one attached hydrogen (secondary N) is 1. The summed E-state index contributed by atoms with van der Waals surface area (Å²) in [7, 11) is 0. The Kier molecular flexibility index (Phi) is 5.62. The molecule has 2 amide bonds. The first kappa shape index (κ1) is 16.3. The van der Waals surface area contributed by atoms with Crippen LogP contribution in [0.1, 0.15) is 40.0 Å². The molecule has 0 aliphatic carbocycles. The van der Waals surface area contributed by atoms with E-state index in [0.717, 1.165) is 32.6 Å². The second-order valence-electron chi connectivity index (χ2n) is 6.76. The molecular weight excluding hydrogens is 266 g/mol. The van der Waals surface area contributed by atoms with Gasteiger partial charge < -0.3 is 10.2 Å². The predicted molar refractivity (Wildman–Crippen MR) is 82.8 cm³/mol. The number of likely N-dealkylation sites (tertiary alicyclic amines) is 2. The summed E-state index contributed by atoms with van der Waals surface area (Å²) in [6.45, 7) is 10.6. The zero-order valence-corrected chi connectivity index (χ0v) is 13.6. The van der Waals surface area contributed by atoms with Crippen LogP contribution in [0.25, 0.3) is 0 Å². The molecule has 0 aromatic heterocycles. The van der Waals surface area contributed by atoms with Gasteiger partial charge in [-0.25, -0.2) is 0 Å². The van der Waals surface area contributed by atoms with Crippen molar-refractivity contribution in [3.05, 3.63) is 0 Å². The Morgan fingerprint density at radius 2 is 2.19 bits per heavy atom. The standard InChI is InChI=1S/C16H29N3O2/c1-4-18-7-5-6-14(18)9-17-16(21)13-8-15(20)19(11-13)10-12(2)3/h12-14H,4-11H2,1-3H3,(H,17,21)/t13-,14-/m1/s1. The average Bonchev–Trinajstić information content (AvgIpc) is 3.02. The second kappa shape index (κ2) is 7.25. The summed E-state index contributed by atoms with van der Waals surface area (Å²) in [5, 5.41) is 3.07. The van der Waals surface area contributed by atoms with Crippen LogP contribution in [-0.4, -0.2) is 60.4 Å². The molecule has 0 spiro atoms. The van der Waals surface area contributed by atoms with Gasteiger partial charge in [0.05, 0.1) is 5.92 Å². The van der Waals surface area contributed by atoms with Gasteiger partial charge in [0.25, 0.3) is 0 Å². The summed E-state index contributed by atoms with van der Waals surface area (Å²) < 4.78 is 0. The summed E-state index contributed by atoms with van der Waals surface area (Å²) in [5.74, 6) is 0.470. The monoisotopic (exact) mass is 295 g/mol. The molecule has 0 aromatic carbocycles. The fraction of sp³-hybridized carbons (Fsp3) is 0.875. The lowest BCUT2D eigenvalue weighted by molar-refractivity contribution is -0.129. The van der Waals surface area contributed by atoms with Crippen molar-refractivity contribution in [2.24, 2.45) is 11.8 Å². The predicted octanol–water partition coefficient (Wildman–Crippen LogP) is 1.09. The SMILES string of the molecule is CCN1CCC[C@@H]1CNC(=O)[C@@H]1CC(=O)N(CC(C)C)C1. The largest absolute Gasteiger partial charge is 0.354 e. The van der Waals surface area contributed by atoms with Gasteiger partial charge in [-0.3, -0.25) is 14.5 Å². The number of carbonyl (C=O) groups excluding carboxylic acids is 2. The van der Waals surface area contributed by atoms with Crippen LogP contribution >= 0.6 is 0 Å². The molecule has 2 aliphatic heterocycles. The molecule has 0 aromatic rings. The smallest absolute Gasteiger partial charge is 0.225 e. The van der Waals surface area contributed by atoms with Crippen LogP contribution in [0.5, 0.6) is 0 Å². The van der Waals surface area contributed by atoms with Gasteiger partial charge in [0.2, 0.25) is 11.8 Å². The number of likely N-dealkylation sites (N-methyl/N-ethyl adjacent to an activating group) is 1. The maximum atomic E-state index is 12.3. The first-order chi connectivity index (χ1) is 10.0. The van der Waals surface area contributed by atoms with E-state index in [4.69, 9.17) is 0 Å². The third-order valence-electron chi connectivity index (χ3n) is 4.59. The van der Waals surface area contributed by atoms with Crippen LogP contribution in [0, 0.1) is 11.8 Å². The van der Waals surface area contributed by atoms with Gasteiger partial charge in [0.1, 0.15) is 0 Å². The lowest BCUT2D eigenvalue weighted by Crippen LogP contribution is -2.42. The molecule has 2 saturated heterocycles. The Balaban J connectivity index is 1.78. The summed E-state index contributed by atoms with van der Waals surface area (Å²) >= 11 is 0. The normalized spacial score (nSPS) is 26.9. The number of nitrogens with zero attached hydrogens (tertiary/aromatic N) is 2. The number of rotatable bonds is 6. The molecule has 2 aliphatic rings. The number of amides is 2. The molecule has 0 saturated carbocycles. The van der Waals surface area contributed by atoms with E-state index < -0.39 is 0 Å². The van der Waals surface area contributed by atoms with Gasteiger partial charge in [-0.15, -0.1) is 0 Å². The summed E-state index contributed by atoms with van der Waals surface area (Å²) in [6.07, 6.45) is 2.76. The number of hydrogen-bond donors (Lipinski definition) is 1. The highest BCUT2D eigenvalue weighted by molar-refractivity contribution is 5.89. The van der Waals surface area contributed by atoms with E-state index >= 15 is 0 Å². The van der Waals surface area contributed by atoms with Crippen molar-refractivity contribution in [2.75, 3.05) is 32.7 Å². The molecule has 2 atom stereocenters. The topological polar surface area (TPSA) is 52.7 Å². The Bertz CT molecular complexity index is 384. The minimum absolute atomic E-state index is 0.0533. The van der Waals surface area contributed by atoms with Crippen LogP contribution < -0.4 is 5.32 Å². The van der Waals surface area contributed by atoms with Crippen LogP contribution in [0.4, 0.5) is 0 Å². The van der Waals surface area contributed by atoms with Crippen LogP contribution in [0.2, 0.25) is 0 Å². The van der Waals surface area contributed by atoms with Crippen molar-refractivity contribution in [3.8, 4) is 0 Å². The Morgan fingerprint density at radius 1 is 1.43 bits per heavy atom. The third-order valence-corrected chi connectivity index (χ3v) is 4.59. The van der Waals surface area contributed by atoms with E-state index in [1.54, 1.807) is 0 Å². The summed E-state index contributed by atoms with van der Waals surface area (Å²) in [6, 6.07) is 0.475. The molecule has 2 heterocycles. The molecule has 0 unspecified atom stereocenters. The molecule has 21 heavy (non-hydrogen) atoms. The van der Waals surface area contributed by atoms with E-state index in [2.05, 4.69) is 31.0 Å². The molecule has 0 radical (unpaired) electrons. The first-order valence-electron chi connectivity index (χ1n) is 8.30. The van der Waals surface area contributed by atoms with Gasteiger partial charge in [-0.1, -0.05) is 20.8 Å². The highest BCUT2D eigenvalue weighted by Gasteiger charge is 2.34. The summed E-state index contributed by atoms with van der Waals surface area (Å²) in [4.78, 5) is 28.4. The minimum atomic E-state index is -0.160. The van der Waals surface area contributed by atoms with Crippen molar-refractivity contribution in [3.63, 3.8) is 0 Å². The number of carbonyl (C=O) groups is 2. The van der Waals surface area contributed by atoms with Crippen LogP contribution in [-0.2, 0) is 9.59 Å². The van der Waals surface area contributed by atoms with Crippen molar-refractivity contribution in [1.29, 1.82) is 0 Å². The fourth-order valence-electron chi connectivity index (χ4n) is 3.47. The Morgan fingerprint density at radius 3 is 2.86 bits per heavy atom. The molecule has 2 rings (SSSR count). The zero-order valence-electron chi connectivity index (χ0n) is 13.6. The summed E-state index contributed by atoms with van der Waals surface area (Å²) in [5.41, 5.74) is 0. The molecular formula is C16H29N3O2. The van der Waals surface area contributed by atoms with E-state index in [1.165, 1.54) is 6.42 Å². The first-order valence-corrected chi connectivity index (χ1v) is 8.30. The highest BCUT2D eigenvalue weighted by atomic mass is 16.2. The van der Waals surface area contributed by atoms with Gasteiger partial charge in [-0.2, -0.15) is 0 Å². The van der Waals surface area contributed by atoms with Crippen molar-refractivity contribution >= 4 is 11.8 Å². The number of hydrogen-bond acceptors (Lipinski definition) is 3. The third kappa shape index (κ3) is 4.19. The highest BCUT2D eigenvalue weighted by Crippen LogP contribution is 2.20. The van der Waals surface area contributed by atoms with E-state index in [1.807, 2.05) is 4.90 Å². The lowest BCUT2D eigenvalue weighted by atomic mass is 10.1. The van der Waals surface area contributed by atoms with E-state index in [0.29, 0.717) is 24.9 Å². The van der Waals surface area contributed by atoms with Crippen LogP contribution in [0.3, 0.4) is 0 Å². The van der Waals surface area contributed by atoms with Crippen molar-refractivity contribution in [2.45, 2.75) is 46.1 Å². The quantitative estimate of drug-likeness (QED) is 0.798. The van der Waals surface area contributed by atoms with Crippen molar-refractivity contribution < 1.29 is 9.59 Å². The van der Waals surface area contributed by atoms with Gasteiger partial charge in [0, 0.05) is 32.1 Å². The maximum Gasteiger partial charge on any atom is 0.225 e. The van der Waals surface area contributed by atoms with E-state index in [9.17, 15) is 9.59 Å². The molecule has 120 valence electrons.